The quantitative estimate of drug-likeness (QED) is 0.673. The molecule has 0 bridgehead atoms. The van der Waals surface area contributed by atoms with Crippen LogP contribution in [0.25, 0.3) is 0 Å². The van der Waals surface area contributed by atoms with Crippen molar-refractivity contribution >= 4 is 23.7 Å². The Balaban J connectivity index is 1.90. The molecule has 1 aliphatic rings. The largest absolute Gasteiger partial charge is 0.444 e. The van der Waals surface area contributed by atoms with Crippen LogP contribution in [0.2, 0.25) is 0 Å². The Labute approximate surface area is 140 Å². The van der Waals surface area contributed by atoms with E-state index in [0.29, 0.717) is 24.1 Å². The number of amides is 1. The Morgan fingerprint density at radius 2 is 2.09 bits per heavy atom. The first kappa shape index (κ1) is 17.8. The van der Waals surface area contributed by atoms with Gasteiger partial charge in [-0.05, 0) is 39.9 Å². The number of ether oxygens (including phenoxy) is 1. The van der Waals surface area contributed by atoms with Crippen LogP contribution in [-0.2, 0) is 4.74 Å². The summed E-state index contributed by atoms with van der Waals surface area (Å²) in [7, 11) is 0. The summed E-state index contributed by atoms with van der Waals surface area (Å²) in [4.78, 5) is 21.8. The van der Waals surface area contributed by atoms with Gasteiger partial charge in [0.05, 0.1) is 6.20 Å². The second kappa shape index (κ2) is 7.33. The van der Waals surface area contributed by atoms with Gasteiger partial charge in [0.25, 0.3) is 0 Å². The maximum atomic E-state index is 13.9. The van der Waals surface area contributed by atoms with Crippen LogP contribution in [0.3, 0.4) is 0 Å². The summed E-state index contributed by atoms with van der Waals surface area (Å²) in [6.45, 7) is 6.74. The van der Waals surface area contributed by atoms with E-state index in [0.717, 1.165) is 12.8 Å². The summed E-state index contributed by atoms with van der Waals surface area (Å²) in [5, 5.41) is 3.42. The fourth-order valence-corrected chi connectivity index (χ4v) is 2.71. The highest BCUT2D eigenvalue weighted by molar-refractivity contribution is 7.98. The molecule has 0 saturated carbocycles. The minimum absolute atomic E-state index is 0.0334. The number of halogens is 1. The van der Waals surface area contributed by atoms with E-state index in [9.17, 15) is 9.18 Å². The molecule has 128 valence electrons. The first-order chi connectivity index (χ1) is 10.8. The normalized spacial score (nSPS) is 16.3. The number of carbonyl (C=O) groups excluding carboxylic acids is 1. The maximum Gasteiger partial charge on any atom is 0.407 e. The zero-order chi connectivity index (χ0) is 17.0. The Morgan fingerprint density at radius 1 is 1.43 bits per heavy atom. The van der Waals surface area contributed by atoms with Crippen LogP contribution < -0.4 is 10.2 Å². The molecule has 1 saturated heterocycles. The number of nitrogens with one attached hydrogen (secondary N) is 1. The summed E-state index contributed by atoms with van der Waals surface area (Å²) in [5.41, 5.74) is -0.511. The summed E-state index contributed by atoms with van der Waals surface area (Å²) >= 11 is 1.38. The lowest BCUT2D eigenvalue weighted by Crippen LogP contribution is -2.46. The van der Waals surface area contributed by atoms with Gasteiger partial charge in [-0.3, -0.25) is 0 Å². The van der Waals surface area contributed by atoms with Crippen LogP contribution in [0.1, 0.15) is 33.6 Å². The van der Waals surface area contributed by atoms with E-state index in [1.165, 1.54) is 18.0 Å². The van der Waals surface area contributed by atoms with Crippen molar-refractivity contribution in [2.45, 2.75) is 50.4 Å². The fourth-order valence-electron chi connectivity index (χ4n) is 2.37. The topological polar surface area (TPSA) is 67.4 Å². The van der Waals surface area contributed by atoms with E-state index in [4.69, 9.17) is 4.74 Å². The summed E-state index contributed by atoms with van der Waals surface area (Å²) in [5.74, 6) is -0.0820. The second-order valence-electron chi connectivity index (χ2n) is 6.44. The number of anilines is 1. The highest BCUT2D eigenvalue weighted by Gasteiger charge is 2.25. The number of rotatable bonds is 3. The van der Waals surface area contributed by atoms with Crippen LogP contribution in [0.5, 0.6) is 0 Å². The van der Waals surface area contributed by atoms with Gasteiger partial charge in [-0.2, -0.15) is 0 Å². The number of thioether (sulfide) groups is 1. The molecule has 0 spiro atoms. The highest BCUT2D eigenvalue weighted by Crippen LogP contribution is 2.23. The molecule has 2 heterocycles. The standard InChI is InChI=1S/C15H23FN4O2S/c1-15(2,3)22-14(21)18-10-5-7-20(8-6-10)12-11(16)9-17-13(19-12)23-4/h9-10H,5-8H2,1-4H3,(H,18,21). The lowest BCUT2D eigenvalue weighted by molar-refractivity contribution is 0.0497. The summed E-state index contributed by atoms with van der Waals surface area (Å²) in [6.07, 6.45) is 4.09. The Morgan fingerprint density at radius 3 is 2.65 bits per heavy atom. The number of nitrogens with zero attached hydrogens (tertiary/aromatic N) is 3. The predicted molar refractivity (Wildman–Crippen MR) is 88.4 cm³/mol. The smallest absolute Gasteiger partial charge is 0.407 e. The first-order valence-electron chi connectivity index (χ1n) is 7.59. The van der Waals surface area contributed by atoms with Crippen molar-refractivity contribution in [1.29, 1.82) is 0 Å². The number of piperidine rings is 1. The van der Waals surface area contributed by atoms with E-state index in [2.05, 4.69) is 15.3 Å². The second-order valence-corrected chi connectivity index (χ2v) is 7.21. The van der Waals surface area contributed by atoms with Crippen molar-refractivity contribution < 1.29 is 13.9 Å². The van der Waals surface area contributed by atoms with E-state index < -0.39 is 17.5 Å². The number of hydrogen-bond donors (Lipinski definition) is 1. The third-order valence-corrected chi connectivity index (χ3v) is 3.96. The molecule has 8 heteroatoms. The molecule has 23 heavy (non-hydrogen) atoms. The average molecular weight is 342 g/mol. The van der Waals surface area contributed by atoms with Crippen molar-refractivity contribution in [3.05, 3.63) is 12.0 Å². The van der Waals surface area contributed by atoms with Crippen LogP contribution in [-0.4, -0.2) is 47.0 Å². The molecule has 0 radical (unpaired) electrons. The number of hydrogen-bond acceptors (Lipinski definition) is 6. The van der Waals surface area contributed by atoms with Gasteiger partial charge in [0.2, 0.25) is 0 Å². The lowest BCUT2D eigenvalue weighted by atomic mass is 10.1. The minimum atomic E-state index is -0.511. The Bertz CT molecular complexity index is 557. The molecule has 1 aromatic rings. The number of carbonyl (C=O) groups is 1. The average Bonchev–Trinajstić information content (AvgIpc) is 2.47. The maximum absolute atomic E-state index is 13.9. The third kappa shape index (κ3) is 5.23. The monoisotopic (exact) mass is 342 g/mol. The molecule has 0 atom stereocenters. The molecule has 1 fully saturated rings. The molecule has 1 aromatic heterocycles. The zero-order valence-electron chi connectivity index (χ0n) is 13.9. The van der Waals surface area contributed by atoms with Gasteiger partial charge >= 0.3 is 6.09 Å². The lowest BCUT2D eigenvalue weighted by Gasteiger charge is -2.33. The van der Waals surface area contributed by atoms with Crippen LogP contribution >= 0.6 is 11.8 Å². The van der Waals surface area contributed by atoms with Crippen LogP contribution in [0, 0.1) is 5.82 Å². The fraction of sp³-hybridized carbons (Fsp3) is 0.667. The van der Waals surface area contributed by atoms with Crippen molar-refractivity contribution in [1.82, 2.24) is 15.3 Å². The Hall–Kier alpha value is -1.57. The van der Waals surface area contributed by atoms with Gasteiger partial charge in [0.15, 0.2) is 16.8 Å². The molecular weight excluding hydrogens is 319 g/mol. The van der Waals surface area contributed by atoms with E-state index >= 15 is 0 Å². The molecule has 1 N–H and O–H groups in total. The van der Waals surface area contributed by atoms with Crippen molar-refractivity contribution in [2.75, 3.05) is 24.2 Å². The molecule has 0 unspecified atom stereocenters. The number of aromatic nitrogens is 2. The minimum Gasteiger partial charge on any atom is -0.444 e. The van der Waals surface area contributed by atoms with Crippen LogP contribution in [0.15, 0.2) is 11.4 Å². The SMILES string of the molecule is CSc1ncc(F)c(N2CCC(NC(=O)OC(C)(C)C)CC2)n1. The summed E-state index contributed by atoms with van der Waals surface area (Å²) in [6, 6.07) is 0.0334. The van der Waals surface area contributed by atoms with Crippen molar-refractivity contribution in [3.63, 3.8) is 0 Å². The Kier molecular flexibility index (Phi) is 5.67. The molecule has 6 nitrogen and oxygen atoms in total. The molecule has 0 aliphatic carbocycles. The molecule has 1 amide bonds. The van der Waals surface area contributed by atoms with Gasteiger partial charge < -0.3 is 15.0 Å². The molecule has 1 aliphatic heterocycles. The van der Waals surface area contributed by atoms with Crippen LogP contribution in [0.4, 0.5) is 15.0 Å². The summed E-state index contributed by atoms with van der Waals surface area (Å²) < 4.78 is 19.2. The van der Waals surface area contributed by atoms with E-state index in [1.807, 2.05) is 31.9 Å². The molecule has 2 rings (SSSR count). The van der Waals surface area contributed by atoms with Gasteiger partial charge in [-0.25, -0.2) is 19.2 Å². The third-order valence-electron chi connectivity index (χ3n) is 3.40. The number of alkyl carbamates (subject to hydrolysis) is 1. The van der Waals surface area contributed by atoms with Crippen molar-refractivity contribution in [2.24, 2.45) is 0 Å². The molecular formula is C15H23FN4O2S. The highest BCUT2D eigenvalue weighted by atomic mass is 32.2. The van der Waals surface area contributed by atoms with E-state index in [-0.39, 0.29) is 6.04 Å². The van der Waals surface area contributed by atoms with Gasteiger partial charge in [0, 0.05) is 19.1 Å². The van der Waals surface area contributed by atoms with Gasteiger partial charge in [0.1, 0.15) is 5.60 Å². The van der Waals surface area contributed by atoms with Crippen molar-refractivity contribution in [3.8, 4) is 0 Å². The predicted octanol–water partition coefficient (Wildman–Crippen LogP) is 2.83. The van der Waals surface area contributed by atoms with Gasteiger partial charge in [-0.1, -0.05) is 11.8 Å². The molecule has 0 aromatic carbocycles. The zero-order valence-corrected chi connectivity index (χ0v) is 14.7. The van der Waals surface area contributed by atoms with Gasteiger partial charge in [-0.15, -0.1) is 0 Å². The first-order valence-corrected chi connectivity index (χ1v) is 8.82. The van der Waals surface area contributed by atoms with E-state index in [1.54, 1.807) is 0 Å².